The van der Waals surface area contributed by atoms with E-state index >= 15 is 0 Å². The van der Waals surface area contributed by atoms with Crippen LogP contribution in [0.5, 0.6) is 0 Å². The number of carbonyl (C=O) groups is 1. The molecule has 114 valence electrons. The number of nitrogens with zero attached hydrogens (tertiary/aromatic N) is 1. The third kappa shape index (κ3) is 3.17. The van der Waals surface area contributed by atoms with Gasteiger partial charge in [0.25, 0.3) is 0 Å². The predicted octanol–water partition coefficient (Wildman–Crippen LogP) is 4.25. The molecule has 0 bridgehead atoms. The monoisotopic (exact) mass is 305 g/mol. The Morgan fingerprint density at radius 1 is 1.00 bits per heavy atom. The predicted molar refractivity (Wildman–Crippen MR) is 86.8 cm³/mol. The van der Waals surface area contributed by atoms with Crippen molar-refractivity contribution in [3.05, 3.63) is 34.9 Å². The van der Waals surface area contributed by atoms with Crippen molar-refractivity contribution >= 4 is 17.4 Å². The summed E-state index contributed by atoms with van der Waals surface area (Å²) in [6.07, 6.45) is 8.86. The maximum atomic E-state index is 13.0. The van der Waals surface area contributed by atoms with Gasteiger partial charge in [-0.3, -0.25) is 9.69 Å². The van der Waals surface area contributed by atoms with E-state index in [0.717, 1.165) is 36.5 Å². The van der Waals surface area contributed by atoms with Gasteiger partial charge in [0.05, 0.1) is 5.54 Å². The summed E-state index contributed by atoms with van der Waals surface area (Å²) in [6, 6.07) is 7.73. The molecule has 1 saturated heterocycles. The fraction of sp³-hybridized carbons (Fsp3) is 0.611. The summed E-state index contributed by atoms with van der Waals surface area (Å²) in [5.74, 6) is 0.421. The molecule has 1 aromatic rings. The van der Waals surface area contributed by atoms with Crippen molar-refractivity contribution in [1.82, 2.24) is 4.90 Å². The lowest BCUT2D eigenvalue weighted by molar-refractivity contribution is -0.131. The summed E-state index contributed by atoms with van der Waals surface area (Å²) in [5.41, 5.74) is 0.924. The first-order chi connectivity index (χ1) is 10.2. The molecule has 1 saturated carbocycles. The summed E-state index contributed by atoms with van der Waals surface area (Å²) in [4.78, 5) is 15.5. The van der Waals surface area contributed by atoms with E-state index in [1.807, 2.05) is 24.3 Å². The fourth-order valence-corrected chi connectivity index (χ4v) is 4.13. The van der Waals surface area contributed by atoms with Gasteiger partial charge in [0.2, 0.25) is 0 Å². The number of hydrogen-bond donors (Lipinski definition) is 0. The molecule has 0 N–H and O–H groups in total. The number of rotatable bonds is 4. The number of Topliss-reactive ketones (excluding diaryl/α,β-unsaturated/α-hetero) is 1. The molecular weight excluding hydrogens is 282 g/mol. The quantitative estimate of drug-likeness (QED) is 0.829. The zero-order valence-corrected chi connectivity index (χ0v) is 13.4. The minimum absolute atomic E-state index is 0.167. The first kappa shape index (κ1) is 15.1. The smallest absolute Gasteiger partial charge is 0.157 e. The van der Waals surface area contributed by atoms with Gasteiger partial charge in [-0.1, -0.05) is 43.0 Å². The van der Waals surface area contributed by atoms with Crippen molar-refractivity contribution in [2.24, 2.45) is 0 Å². The number of ketones is 1. The second-order valence-corrected chi connectivity index (χ2v) is 6.95. The lowest BCUT2D eigenvalue weighted by atomic mass is 9.85. The van der Waals surface area contributed by atoms with Crippen molar-refractivity contribution in [1.29, 1.82) is 0 Å². The Hall–Kier alpha value is -0.860. The van der Waals surface area contributed by atoms with Gasteiger partial charge in [-0.15, -0.1) is 0 Å². The van der Waals surface area contributed by atoms with Crippen LogP contribution in [-0.4, -0.2) is 29.3 Å². The molecule has 0 aromatic heterocycles. The third-order valence-corrected chi connectivity index (χ3v) is 5.44. The minimum Gasteiger partial charge on any atom is -0.297 e. The maximum Gasteiger partial charge on any atom is 0.157 e. The zero-order valence-electron chi connectivity index (χ0n) is 12.6. The van der Waals surface area contributed by atoms with E-state index < -0.39 is 0 Å². The average Bonchev–Trinajstić information content (AvgIpc) is 3.01. The van der Waals surface area contributed by atoms with Crippen LogP contribution in [-0.2, 0) is 11.2 Å². The van der Waals surface area contributed by atoms with Crippen LogP contribution in [0.3, 0.4) is 0 Å². The summed E-state index contributed by atoms with van der Waals surface area (Å²) < 4.78 is 0. The highest BCUT2D eigenvalue weighted by atomic mass is 35.5. The van der Waals surface area contributed by atoms with E-state index in [4.69, 9.17) is 11.6 Å². The first-order valence-corrected chi connectivity index (χ1v) is 8.61. The minimum atomic E-state index is -0.167. The van der Waals surface area contributed by atoms with Crippen LogP contribution in [0.25, 0.3) is 0 Å². The molecule has 0 unspecified atom stereocenters. The Labute approximate surface area is 132 Å². The number of benzene rings is 1. The van der Waals surface area contributed by atoms with Gasteiger partial charge < -0.3 is 0 Å². The van der Waals surface area contributed by atoms with Crippen LogP contribution in [0, 0.1) is 0 Å². The molecule has 0 atom stereocenters. The SMILES string of the molecule is O=C(Cc1ccc(Cl)cc1)C1(N2CCCCC2)CCCC1. The highest BCUT2D eigenvalue weighted by Crippen LogP contribution is 2.38. The Morgan fingerprint density at radius 2 is 1.62 bits per heavy atom. The summed E-state index contributed by atoms with van der Waals surface area (Å²) >= 11 is 5.93. The fourth-order valence-electron chi connectivity index (χ4n) is 4.01. The van der Waals surface area contributed by atoms with Crippen molar-refractivity contribution in [2.75, 3.05) is 13.1 Å². The average molecular weight is 306 g/mol. The van der Waals surface area contributed by atoms with Crippen LogP contribution in [0.2, 0.25) is 5.02 Å². The molecule has 0 spiro atoms. The Balaban J connectivity index is 1.76. The largest absolute Gasteiger partial charge is 0.297 e. The molecule has 1 aliphatic heterocycles. The molecular formula is C18H24ClNO. The molecule has 3 heteroatoms. The van der Waals surface area contributed by atoms with E-state index in [0.29, 0.717) is 12.2 Å². The van der Waals surface area contributed by atoms with Gasteiger partial charge in [-0.25, -0.2) is 0 Å². The van der Waals surface area contributed by atoms with E-state index in [-0.39, 0.29) is 5.54 Å². The maximum absolute atomic E-state index is 13.0. The zero-order chi connectivity index (χ0) is 14.7. The Bertz CT molecular complexity index is 484. The molecule has 1 aromatic carbocycles. The highest BCUT2D eigenvalue weighted by molar-refractivity contribution is 6.30. The normalized spacial score (nSPS) is 22.3. The molecule has 1 heterocycles. The molecule has 1 aliphatic carbocycles. The Kier molecular flexibility index (Phi) is 4.66. The van der Waals surface area contributed by atoms with E-state index in [2.05, 4.69) is 4.90 Å². The second kappa shape index (κ2) is 6.50. The van der Waals surface area contributed by atoms with Gasteiger partial charge in [0.15, 0.2) is 5.78 Å². The van der Waals surface area contributed by atoms with Crippen molar-refractivity contribution in [3.8, 4) is 0 Å². The summed E-state index contributed by atoms with van der Waals surface area (Å²) in [7, 11) is 0. The van der Waals surface area contributed by atoms with Gasteiger partial charge in [-0.2, -0.15) is 0 Å². The van der Waals surface area contributed by atoms with Crippen LogP contribution in [0.1, 0.15) is 50.5 Å². The topological polar surface area (TPSA) is 20.3 Å². The van der Waals surface area contributed by atoms with Gasteiger partial charge in [-0.05, 0) is 56.5 Å². The third-order valence-electron chi connectivity index (χ3n) is 5.19. The van der Waals surface area contributed by atoms with Crippen LogP contribution < -0.4 is 0 Å². The van der Waals surface area contributed by atoms with Crippen molar-refractivity contribution < 1.29 is 4.79 Å². The molecule has 2 aliphatic rings. The molecule has 2 fully saturated rings. The van der Waals surface area contributed by atoms with E-state index in [1.165, 1.54) is 32.1 Å². The number of halogens is 1. The van der Waals surface area contributed by atoms with Crippen LogP contribution >= 0.6 is 11.6 Å². The second-order valence-electron chi connectivity index (χ2n) is 6.51. The highest BCUT2D eigenvalue weighted by Gasteiger charge is 2.45. The summed E-state index contributed by atoms with van der Waals surface area (Å²) in [5, 5.41) is 0.734. The summed E-state index contributed by atoms with van der Waals surface area (Å²) in [6.45, 7) is 2.21. The lowest BCUT2D eigenvalue weighted by Crippen LogP contribution is -2.55. The van der Waals surface area contributed by atoms with Crippen molar-refractivity contribution in [3.63, 3.8) is 0 Å². The molecule has 0 amide bonds. The Morgan fingerprint density at radius 3 is 2.24 bits per heavy atom. The lowest BCUT2D eigenvalue weighted by Gasteiger charge is -2.42. The van der Waals surface area contributed by atoms with Crippen LogP contribution in [0.4, 0.5) is 0 Å². The van der Waals surface area contributed by atoms with Gasteiger partial charge in [0.1, 0.15) is 0 Å². The van der Waals surface area contributed by atoms with Gasteiger partial charge in [0, 0.05) is 11.4 Å². The molecule has 2 nitrogen and oxygen atoms in total. The molecule has 0 radical (unpaired) electrons. The number of hydrogen-bond acceptors (Lipinski definition) is 2. The van der Waals surface area contributed by atoms with Gasteiger partial charge >= 0.3 is 0 Å². The molecule has 21 heavy (non-hydrogen) atoms. The number of carbonyl (C=O) groups excluding carboxylic acids is 1. The standard InChI is InChI=1S/C18H24ClNO/c19-16-8-6-15(7-9-16)14-17(21)18(10-2-3-11-18)20-12-4-1-5-13-20/h6-9H,1-5,10-14H2. The van der Waals surface area contributed by atoms with Crippen LogP contribution in [0.15, 0.2) is 24.3 Å². The van der Waals surface area contributed by atoms with Crippen molar-refractivity contribution in [2.45, 2.75) is 56.9 Å². The number of piperidine rings is 1. The molecule has 3 rings (SSSR count). The number of likely N-dealkylation sites (tertiary alicyclic amines) is 1. The van der Waals surface area contributed by atoms with E-state index in [1.54, 1.807) is 0 Å². The first-order valence-electron chi connectivity index (χ1n) is 8.23. The van der Waals surface area contributed by atoms with E-state index in [9.17, 15) is 4.79 Å².